The maximum Gasteiger partial charge on any atom is 0.250 e. The molecule has 0 bridgehead atoms. The second kappa shape index (κ2) is 10.7. The maximum absolute atomic E-state index is 12.2. The minimum atomic E-state index is -0.222. The summed E-state index contributed by atoms with van der Waals surface area (Å²) in [6.07, 6.45) is 7.40. The van der Waals surface area contributed by atoms with E-state index in [2.05, 4.69) is 36.3 Å². The van der Waals surface area contributed by atoms with Crippen molar-refractivity contribution in [1.82, 2.24) is 10.2 Å². The molecule has 0 saturated carbocycles. The molecule has 6 heteroatoms. The van der Waals surface area contributed by atoms with E-state index in [9.17, 15) is 4.79 Å². The largest absolute Gasteiger partial charge is 0.493 e. The van der Waals surface area contributed by atoms with Gasteiger partial charge in [0, 0.05) is 17.6 Å². The van der Waals surface area contributed by atoms with Crippen LogP contribution in [-0.4, -0.2) is 22.7 Å². The number of benzene rings is 1. The summed E-state index contributed by atoms with van der Waals surface area (Å²) >= 11 is 1.44. The lowest BCUT2D eigenvalue weighted by molar-refractivity contribution is -0.111. The summed E-state index contributed by atoms with van der Waals surface area (Å²) in [6, 6.07) is 7.71. The maximum atomic E-state index is 12.2. The summed E-state index contributed by atoms with van der Waals surface area (Å²) in [6.45, 7) is 7.08. The van der Waals surface area contributed by atoms with E-state index in [1.54, 1.807) is 6.08 Å². The van der Waals surface area contributed by atoms with Crippen molar-refractivity contribution < 1.29 is 9.53 Å². The topological polar surface area (TPSA) is 64.1 Å². The third-order valence-corrected chi connectivity index (χ3v) is 5.10. The number of nitrogens with zero attached hydrogens (tertiary/aromatic N) is 2. The van der Waals surface area contributed by atoms with Crippen LogP contribution in [-0.2, 0) is 4.79 Å². The van der Waals surface area contributed by atoms with Gasteiger partial charge in [0.15, 0.2) is 0 Å². The van der Waals surface area contributed by atoms with Crippen LogP contribution in [0, 0.1) is 0 Å². The molecule has 0 aliphatic carbocycles. The molecule has 0 aliphatic rings. The molecule has 0 aliphatic heterocycles. The molecule has 1 aromatic carbocycles. The number of ether oxygens (including phenoxy) is 1. The summed E-state index contributed by atoms with van der Waals surface area (Å²) < 4.78 is 5.78. The van der Waals surface area contributed by atoms with Gasteiger partial charge in [0.2, 0.25) is 11.0 Å². The lowest BCUT2D eigenvalue weighted by Crippen LogP contribution is -2.07. The van der Waals surface area contributed by atoms with Crippen molar-refractivity contribution in [2.45, 2.75) is 52.4 Å². The first-order valence-corrected chi connectivity index (χ1v) is 10.0. The van der Waals surface area contributed by atoms with E-state index in [1.807, 2.05) is 24.3 Å². The van der Waals surface area contributed by atoms with Gasteiger partial charge >= 0.3 is 0 Å². The van der Waals surface area contributed by atoms with Gasteiger partial charge in [-0.1, -0.05) is 56.7 Å². The molecule has 2 rings (SSSR count). The van der Waals surface area contributed by atoms with Crippen LogP contribution in [0.15, 0.2) is 30.3 Å². The van der Waals surface area contributed by atoms with Crippen molar-refractivity contribution in [1.29, 1.82) is 0 Å². The number of para-hydroxylation sites is 1. The monoisotopic (exact) mass is 373 g/mol. The molecule has 0 spiro atoms. The average Bonchev–Trinajstić information content (AvgIpc) is 3.10. The first kappa shape index (κ1) is 20.1. The van der Waals surface area contributed by atoms with E-state index in [-0.39, 0.29) is 5.91 Å². The highest BCUT2D eigenvalue weighted by molar-refractivity contribution is 7.15. The second-order valence-electron chi connectivity index (χ2n) is 6.02. The number of anilines is 1. The van der Waals surface area contributed by atoms with Crippen LogP contribution < -0.4 is 10.1 Å². The van der Waals surface area contributed by atoms with E-state index >= 15 is 0 Å². The highest BCUT2D eigenvalue weighted by Crippen LogP contribution is 2.28. The Labute approximate surface area is 159 Å². The molecule has 26 heavy (non-hydrogen) atoms. The average molecular weight is 374 g/mol. The second-order valence-corrected chi connectivity index (χ2v) is 7.03. The third-order valence-electron chi connectivity index (χ3n) is 4.09. The molecule has 0 fully saturated rings. The lowest BCUT2D eigenvalue weighted by atomic mass is 10.1. The van der Waals surface area contributed by atoms with E-state index in [0.717, 1.165) is 42.0 Å². The van der Waals surface area contributed by atoms with Gasteiger partial charge in [-0.05, 0) is 31.4 Å². The van der Waals surface area contributed by atoms with Crippen LogP contribution >= 0.6 is 11.3 Å². The first-order valence-electron chi connectivity index (χ1n) is 9.22. The highest BCUT2D eigenvalue weighted by Gasteiger charge is 2.13. The van der Waals surface area contributed by atoms with Gasteiger partial charge in [0.25, 0.3) is 0 Å². The van der Waals surface area contributed by atoms with Gasteiger partial charge in [-0.3, -0.25) is 10.1 Å². The van der Waals surface area contributed by atoms with Crippen molar-refractivity contribution in [2.75, 3.05) is 11.9 Å². The summed E-state index contributed by atoms with van der Waals surface area (Å²) in [5.74, 6) is 0.971. The molecule has 2 aromatic rings. The molecule has 0 radical (unpaired) electrons. The van der Waals surface area contributed by atoms with Gasteiger partial charge in [-0.25, -0.2) is 0 Å². The van der Waals surface area contributed by atoms with Crippen molar-refractivity contribution in [3.8, 4) is 5.75 Å². The minimum Gasteiger partial charge on any atom is -0.493 e. The minimum absolute atomic E-state index is 0.222. The lowest BCUT2D eigenvalue weighted by Gasteiger charge is -2.08. The number of carbonyl (C=O) groups is 1. The van der Waals surface area contributed by atoms with Crippen LogP contribution in [0.2, 0.25) is 0 Å². The van der Waals surface area contributed by atoms with E-state index in [4.69, 9.17) is 4.74 Å². The molecule has 0 atom stereocenters. The van der Waals surface area contributed by atoms with Crippen molar-refractivity contribution in [3.63, 3.8) is 0 Å². The molecule has 5 nitrogen and oxygen atoms in total. The Balaban J connectivity index is 1.97. The van der Waals surface area contributed by atoms with E-state index in [1.165, 1.54) is 17.4 Å². The normalized spacial score (nSPS) is 11.2. The zero-order chi connectivity index (χ0) is 18.8. The molecule has 1 N–H and O–H groups in total. The SMILES string of the molecule is CCCCOc1ccccc1/C=C/C(=O)Nc1nnc(C(CC)CC)s1. The van der Waals surface area contributed by atoms with Gasteiger partial charge < -0.3 is 4.74 Å². The first-order chi connectivity index (χ1) is 12.7. The van der Waals surface area contributed by atoms with Gasteiger partial charge in [0.05, 0.1) is 6.61 Å². The van der Waals surface area contributed by atoms with E-state index < -0.39 is 0 Å². The number of nitrogens with one attached hydrogen (secondary N) is 1. The Kier molecular flexibility index (Phi) is 8.28. The zero-order valence-electron chi connectivity index (χ0n) is 15.7. The molecular formula is C20H27N3O2S. The number of unbranched alkanes of at least 4 members (excludes halogenated alkanes) is 1. The molecule has 140 valence electrons. The fourth-order valence-electron chi connectivity index (χ4n) is 2.48. The number of amides is 1. The van der Waals surface area contributed by atoms with Crippen LogP contribution in [0.25, 0.3) is 6.08 Å². The van der Waals surface area contributed by atoms with Gasteiger partial charge in [-0.15, -0.1) is 10.2 Å². The predicted octanol–water partition coefficient (Wildman–Crippen LogP) is 5.27. The Hall–Kier alpha value is -2.21. The molecule has 0 unspecified atom stereocenters. The van der Waals surface area contributed by atoms with Crippen LogP contribution in [0.4, 0.5) is 5.13 Å². The number of hydrogen-bond donors (Lipinski definition) is 1. The van der Waals surface area contributed by atoms with Gasteiger partial charge in [-0.2, -0.15) is 0 Å². The van der Waals surface area contributed by atoms with Gasteiger partial charge in [0.1, 0.15) is 10.8 Å². The Bertz CT molecular complexity index is 723. The Morgan fingerprint density at radius 1 is 1.23 bits per heavy atom. The predicted molar refractivity (Wildman–Crippen MR) is 108 cm³/mol. The molecule has 0 saturated heterocycles. The fourth-order valence-corrected chi connectivity index (χ4v) is 3.49. The fraction of sp³-hybridized carbons (Fsp3) is 0.450. The summed E-state index contributed by atoms with van der Waals surface area (Å²) in [5, 5.41) is 12.6. The highest BCUT2D eigenvalue weighted by atomic mass is 32.1. The van der Waals surface area contributed by atoms with Crippen molar-refractivity contribution in [3.05, 3.63) is 40.9 Å². The standard InChI is InChI=1S/C20H27N3O2S/c1-4-7-14-25-17-11-9-8-10-16(17)12-13-18(24)21-20-23-22-19(26-20)15(5-2)6-3/h8-13,15H,4-7,14H2,1-3H3,(H,21,23,24)/b13-12+. The van der Waals surface area contributed by atoms with Crippen molar-refractivity contribution >= 4 is 28.5 Å². The molecular weight excluding hydrogens is 346 g/mol. The summed E-state index contributed by atoms with van der Waals surface area (Å²) in [7, 11) is 0. The number of aromatic nitrogens is 2. The number of hydrogen-bond acceptors (Lipinski definition) is 5. The molecule has 1 amide bonds. The van der Waals surface area contributed by atoms with E-state index in [0.29, 0.717) is 17.7 Å². The number of carbonyl (C=O) groups excluding carboxylic acids is 1. The molecule has 1 heterocycles. The zero-order valence-corrected chi connectivity index (χ0v) is 16.5. The Morgan fingerprint density at radius 3 is 2.73 bits per heavy atom. The number of rotatable bonds is 10. The summed E-state index contributed by atoms with van der Waals surface area (Å²) in [4.78, 5) is 12.2. The molecule has 1 aromatic heterocycles. The van der Waals surface area contributed by atoms with Crippen LogP contribution in [0.5, 0.6) is 5.75 Å². The van der Waals surface area contributed by atoms with Crippen LogP contribution in [0.1, 0.15) is 62.9 Å². The smallest absolute Gasteiger partial charge is 0.250 e. The van der Waals surface area contributed by atoms with Crippen LogP contribution in [0.3, 0.4) is 0 Å². The quantitative estimate of drug-likeness (QED) is 0.455. The summed E-state index contributed by atoms with van der Waals surface area (Å²) in [5.41, 5.74) is 0.883. The third kappa shape index (κ3) is 5.95. The Morgan fingerprint density at radius 2 is 2.00 bits per heavy atom. The van der Waals surface area contributed by atoms with Crippen molar-refractivity contribution in [2.24, 2.45) is 0 Å².